The molecule has 2 N–H and O–H groups in total. The quantitative estimate of drug-likeness (QED) is 0.446. The van der Waals surface area contributed by atoms with Crippen molar-refractivity contribution < 1.29 is 46.6 Å². The van der Waals surface area contributed by atoms with Crippen molar-refractivity contribution in [3.05, 3.63) is 59.4 Å². The van der Waals surface area contributed by atoms with Gasteiger partial charge in [0.25, 0.3) is 5.91 Å². The standard InChI is InChI=1S/C28H31F3N4O7/c1-16-5-7-18(8-6-16)23(17(2)33-26(38)28(29,30)31)41-20-9-10-21(32-14-20)24(36)34-19-4-3-12-35(15-19)27(39)42-22-11-13-40-25(22)37/h5-10,14,17,19,22-23H,3-4,11-13,15H2,1-2H3,(H,33,38)(H,34,36)/t17?,19-,22-,23?/m0/s1. The van der Waals surface area contributed by atoms with E-state index in [2.05, 4.69) is 10.3 Å². The highest BCUT2D eigenvalue weighted by Gasteiger charge is 2.40. The average Bonchev–Trinajstić information content (AvgIpc) is 3.36. The van der Waals surface area contributed by atoms with Crippen LogP contribution in [0.5, 0.6) is 5.75 Å². The number of rotatable bonds is 8. The maximum absolute atomic E-state index is 12.9. The first kappa shape index (κ1) is 30.6. The predicted octanol–water partition coefficient (Wildman–Crippen LogP) is 3.22. The van der Waals surface area contributed by atoms with Crippen LogP contribution in [0.25, 0.3) is 0 Å². The zero-order valence-electron chi connectivity index (χ0n) is 23.0. The summed E-state index contributed by atoms with van der Waals surface area (Å²) in [5.74, 6) is -2.99. The van der Waals surface area contributed by atoms with E-state index in [0.29, 0.717) is 31.4 Å². The predicted molar refractivity (Wildman–Crippen MR) is 140 cm³/mol. The van der Waals surface area contributed by atoms with E-state index in [9.17, 15) is 32.3 Å². The fraction of sp³-hybridized carbons (Fsp3) is 0.464. The normalized spacial score (nSPS) is 20.2. The molecule has 0 radical (unpaired) electrons. The number of piperidine rings is 1. The highest BCUT2D eigenvalue weighted by atomic mass is 19.4. The Kier molecular flexibility index (Phi) is 9.53. The van der Waals surface area contributed by atoms with Crippen LogP contribution in [0.15, 0.2) is 42.6 Å². The first-order valence-electron chi connectivity index (χ1n) is 13.4. The molecule has 0 bridgehead atoms. The van der Waals surface area contributed by atoms with Gasteiger partial charge in [-0.05, 0) is 44.4 Å². The fourth-order valence-corrected chi connectivity index (χ4v) is 4.61. The molecule has 2 aliphatic heterocycles. The molecule has 2 unspecified atom stereocenters. The summed E-state index contributed by atoms with van der Waals surface area (Å²) in [7, 11) is 0. The van der Waals surface area contributed by atoms with Crippen molar-refractivity contribution in [1.82, 2.24) is 20.5 Å². The van der Waals surface area contributed by atoms with E-state index in [4.69, 9.17) is 14.2 Å². The molecule has 3 amide bonds. The number of hydrogen-bond acceptors (Lipinski definition) is 8. The lowest BCUT2D eigenvalue weighted by Crippen LogP contribution is -2.50. The molecule has 14 heteroatoms. The summed E-state index contributed by atoms with van der Waals surface area (Å²) in [6, 6.07) is 8.32. The van der Waals surface area contributed by atoms with Gasteiger partial charge in [0, 0.05) is 25.6 Å². The molecule has 2 aromatic rings. The summed E-state index contributed by atoms with van der Waals surface area (Å²) in [4.78, 5) is 54.0. The Bertz CT molecular complexity index is 1290. The summed E-state index contributed by atoms with van der Waals surface area (Å²) in [6.45, 7) is 4.06. The third kappa shape index (κ3) is 7.89. The molecular weight excluding hydrogens is 561 g/mol. The van der Waals surface area contributed by atoms with Crippen LogP contribution in [0.4, 0.5) is 18.0 Å². The van der Waals surface area contributed by atoms with Crippen molar-refractivity contribution in [2.24, 2.45) is 0 Å². The van der Waals surface area contributed by atoms with Gasteiger partial charge in [-0.25, -0.2) is 14.6 Å². The minimum absolute atomic E-state index is 0.0565. The van der Waals surface area contributed by atoms with E-state index in [1.165, 1.54) is 30.2 Å². The van der Waals surface area contributed by atoms with Crippen LogP contribution in [0, 0.1) is 6.92 Å². The van der Waals surface area contributed by atoms with Gasteiger partial charge in [-0.1, -0.05) is 29.8 Å². The van der Waals surface area contributed by atoms with Gasteiger partial charge < -0.3 is 29.7 Å². The Hall–Kier alpha value is -4.36. The molecule has 1 aromatic carbocycles. The van der Waals surface area contributed by atoms with Crippen molar-refractivity contribution in [1.29, 1.82) is 0 Å². The number of hydrogen-bond donors (Lipinski definition) is 2. The van der Waals surface area contributed by atoms with Gasteiger partial charge in [0.1, 0.15) is 17.5 Å². The molecule has 2 fully saturated rings. The van der Waals surface area contributed by atoms with Crippen LogP contribution in [-0.4, -0.2) is 77.8 Å². The van der Waals surface area contributed by atoms with Gasteiger partial charge in [-0.2, -0.15) is 13.2 Å². The largest absolute Gasteiger partial charge is 0.482 e. The second-order valence-corrected chi connectivity index (χ2v) is 10.2. The molecule has 0 aliphatic carbocycles. The molecule has 11 nitrogen and oxygen atoms in total. The summed E-state index contributed by atoms with van der Waals surface area (Å²) < 4.78 is 54.5. The molecule has 4 rings (SSSR count). The second kappa shape index (κ2) is 13.1. The Morgan fingerprint density at radius 2 is 1.86 bits per heavy atom. The topological polar surface area (TPSA) is 136 Å². The van der Waals surface area contributed by atoms with Crippen LogP contribution >= 0.6 is 0 Å². The highest BCUT2D eigenvalue weighted by Crippen LogP contribution is 2.26. The summed E-state index contributed by atoms with van der Waals surface area (Å²) >= 11 is 0. The number of aromatic nitrogens is 1. The number of cyclic esters (lactones) is 1. The van der Waals surface area contributed by atoms with E-state index >= 15 is 0 Å². The van der Waals surface area contributed by atoms with Gasteiger partial charge in [0.05, 0.1) is 18.8 Å². The van der Waals surface area contributed by atoms with Gasteiger partial charge >= 0.3 is 24.1 Å². The minimum Gasteiger partial charge on any atom is -0.482 e. The molecule has 42 heavy (non-hydrogen) atoms. The average molecular weight is 593 g/mol. The zero-order valence-corrected chi connectivity index (χ0v) is 23.0. The number of benzene rings is 1. The fourth-order valence-electron chi connectivity index (χ4n) is 4.61. The molecular formula is C28H31F3N4O7. The van der Waals surface area contributed by atoms with E-state index in [1.807, 2.05) is 12.2 Å². The minimum atomic E-state index is -5.05. The number of carbonyl (C=O) groups excluding carboxylic acids is 4. The lowest BCUT2D eigenvalue weighted by Gasteiger charge is -2.32. The maximum atomic E-state index is 12.9. The van der Waals surface area contributed by atoms with Crippen molar-refractivity contribution in [3.63, 3.8) is 0 Å². The Balaban J connectivity index is 1.37. The molecule has 4 atom stereocenters. The van der Waals surface area contributed by atoms with Crippen LogP contribution in [0.2, 0.25) is 0 Å². The number of aryl methyl sites for hydroxylation is 1. The van der Waals surface area contributed by atoms with Crippen LogP contribution in [0.3, 0.4) is 0 Å². The van der Waals surface area contributed by atoms with Crippen LogP contribution < -0.4 is 15.4 Å². The number of ether oxygens (including phenoxy) is 3. The van der Waals surface area contributed by atoms with Crippen LogP contribution in [-0.2, 0) is 19.1 Å². The molecule has 2 saturated heterocycles. The number of nitrogens with zero attached hydrogens (tertiary/aromatic N) is 2. The number of alkyl halides is 3. The van der Waals surface area contributed by atoms with E-state index in [1.54, 1.807) is 24.3 Å². The summed E-state index contributed by atoms with van der Waals surface area (Å²) in [5, 5.41) is 4.76. The van der Waals surface area contributed by atoms with Gasteiger partial charge in [-0.15, -0.1) is 0 Å². The lowest BCUT2D eigenvalue weighted by molar-refractivity contribution is -0.174. The maximum Gasteiger partial charge on any atom is 0.471 e. The molecule has 2 aliphatic rings. The van der Waals surface area contributed by atoms with Crippen molar-refractivity contribution >= 4 is 23.9 Å². The van der Waals surface area contributed by atoms with Gasteiger partial charge in [0.15, 0.2) is 0 Å². The number of esters is 1. The highest BCUT2D eigenvalue weighted by molar-refractivity contribution is 5.92. The van der Waals surface area contributed by atoms with Gasteiger partial charge in [0.2, 0.25) is 6.10 Å². The number of likely N-dealkylation sites (tertiary alicyclic amines) is 1. The van der Waals surface area contributed by atoms with E-state index < -0.39 is 48.3 Å². The number of pyridine rings is 1. The molecule has 226 valence electrons. The lowest BCUT2D eigenvalue weighted by atomic mass is 10.0. The van der Waals surface area contributed by atoms with Crippen molar-refractivity contribution in [2.45, 2.75) is 63.6 Å². The first-order chi connectivity index (χ1) is 19.9. The summed E-state index contributed by atoms with van der Waals surface area (Å²) in [5.41, 5.74) is 1.52. The zero-order chi connectivity index (χ0) is 30.4. The van der Waals surface area contributed by atoms with Crippen molar-refractivity contribution in [2.75, 3.05) is 19.7 Å². The number of carbonyl (C=O) groups is 4. The monoisotopic (exact) mass is 592 g/mol. The van der Waals surface area contributed by atoms with Gasteiger partial charge in [-0.3, -0.25) is 9.59 Å². The molecule has 0 spiro atoms. The number of nitrogens with one attached hydrogen (secondary N) is 2. The van der Waals surface area contributed by atoms with Crippen LogP contribution in [0.1, 0.15) is 53.9 Å². The third-order valence-corrected chi connectivity index (χ3v) is 6.85. The molecule has 1 aromatic heterocycles. The Labute approximate surface area is 239 Å². The molecule has 0 saturated carbocycles. The molecule has 3 heterocycles. The smallest absolute Gasteiger partial charge is 0.471 e. The third-order valence-electron chi connectivity index (χ3n) is 6.85. The van der Waals surface area contributed by atoms with E-state index in [-0.39, 0.29) is 30.6 Å². The Morgan fingerprint density at radius 3 is 2.48 bits per heavy atom. The van der Waals surface area contributed by atoms with E-state index in [0.717, 1.165) is 5.56 Å². The number of halogens is 3. The van der Waals surface area contributed by atoms with Crippen molar-refractivity contribution in [3.8, 4) is 5.75 Å². The summed E-state index contributed by atoms with van der Waals surface area (Å²) in [6.07, 6.45) is -4.83. The SMILES string of the molecule is Cc1ccc(C(Oc2ccc(C(=O)N[C@H]3CCCN(C(=O)O[C@H]4CCOC4=O)C3)nc2)C(C)NC(=O)C(F)(F)F)cc1. The number of amides is 3. The Morgan fingerprint density at radius 1 is 1.12 bits per heavy atom. The second-order valence-electron chi connectivity index (χ2n) is 10.2. The first-order valence-corrected chi connectivity index (χ1v) is 13.4.